The van der Waals surface area contributed by atoms with Gasteiger partial charge in [0.1, 0.15) is 0 Å². The average Bonchev–Trinajstić information content (AvgIpc) is 2.96. The summed E-state index contributed by atoms with van der Waals surface area (Å²) in [7, 11) is 0. The van der Waals surface area contributed by atoms with Gasteiger partial charge in [-0.1, -0.05) is 42.8 Å². The Hall–Kier alpha value is -2.92. The van der Waals surface area contributed by atoms with Crippen molar-refractivity contribution < 1.29 is 14.4 Å². The van der Waals surface area contributed by atoms with Gasteiger partial charge in [0.25, 0.3) is 5.91 Å². The molecule has 3 atom stereocenters. The zero-order valence-electron chi connectivity index (χ0n) is 16.2. The second-order valence-electron chi connectivity index (χ2n) is 7.63. The van der Waals surface area contributed by atoms with E-state index in [1.165, 1.54) is 4.90 Å². The minimum absolute atomic E-state index is 0.0208. The van der Waals surface area contributed by atoms with E-state index in [9.17, 15) is 14.4 Å². The van der Waals surface area contributed by atoms with E-state index in [2.05, 4.69) is 5.32 Å². The largest absolute Gasteiger partial charge is 0.322 e. The predicted octanol–water partition coefficient (Wildman–Crippen LogP) is 4.60. The second kappa shape index (κ2) is 7.48. The maximum absolute atomic E-state index is 13.0. The number of fused-ring (bicyclic) bond motifs is 1. The van der Waals surface area contributed by atoms with Crippen LogP contribution in [0.15, 0.2) is 54.6 Å². The van der Waals surface area contributed by atoms with Crippen LogP contribution in [0.5, 0.6) is 0 Å². The minimum atomic E-state index is -0.334. The Kier molecular flexibility index (Phi) is 5.01. The fourth-order valence-electron chi connectivity index (χ4n) is 4.11. The van der Waals surface area contributed by atoms with E-state index in [4.69, 9.17) is 11.6 Å². The van der Waals surface area contributed by atoms with Crippen molar-refractivity contribution in [2.45, 2.75) is 20.3 Å². The maximum atomic E-state index is 13.0. The third-order valence-electron chi connectivity index (χ3n) is 5.69. The quantitative estimate of drug-likeness (QED) is 0.596. The van der Waals surface area contributed by atoms with E-state index in [0.29, 0.717) is 28.4 Å². The van der Waals surface area contributed by atoms with Crippen LogP contribution in [0.2, 0.25) is 5.02 Å². The number of hydrogen-bond donors (Lipinski definition) is 1. The molecular formula is C23H21ClN2O3. The summed E-state index contributed by atoms with van der Waals surface area (Å²) in [6.45, 7) is 3.83. The monoisotopic (exact) mass is 408 g/mol. The fraction of sp³-hybridized carbons (Fsp3) is 0.261. The molecule has 0 aromatic heterocycles. The molecule has 1 aliphatic carbocycles. The van der Waals surface area contributed by atoms with Crippen LogP contribution in [0.1, 0.15) is 29.3 Å². The van der Waals surface area contributed by atoms with E-state index < -0.39 is 0 Å². The Labute approximate surface area is 174 Å². The summed E-state index contributed by atoms with van der Waals surface area (Å²) < 4.78 is 0. The van der Waals surface area contributed by atoms with Crippen LogP contribution in [0.25, 0.3) is 0 Å². The number of rotatable bonds is 3. The van der Waals surface area contributed by atoms with E-state index in [-0.39, 0.29) is 35.5 Å². The van der Waals surface area contributed by atoms with Gasteiger partial charge in [-0.15, -0.1) is 0 Å². The van der Waals surface area contributed by atoms with Gasteiger partial charge in [-0.25, -0.2) is 0 Å². The number of aryl methyl sites for hydroxylation is 1. The molecule has 4 rings (SSSR count). The van der Waals surface area contributed by atoms with Gasteiger partial charge in [-0.3, -0.25) is 19.3 Å². The van der Waals surface area contributed by atoms with Crippen LogP contribution in [-0.2, 0) is 9.59 Å². The number of carbonyl (C=O) groups is 3. The Morgan fingerprint density at radius 3 is 2.69 bits per heavy atom. The summed E-state index contributed by atoms with van der Waals surface area (Å²) in [4.78, 5) is 39.9. The van der Waals surface area contributed by atoms with Gasteiger partial charge in [-0.05, 0) is 55.2 Å². The normalized spacial score (nSPS) is 23.3. The van der Waals surface area contributed by atoms with Crippen LogP contribution in [-0.4, -0.2) is 17.7 Å². The molecule has 2 aliphatic rings. The summed E-state index contributed by atoms with van der Waals surface area (Å²) in [6.07, 6.45) is 4.54. The van der Waals surface area contributed by atoms with Gasteiger partial charge in [0.15, 0.2) is 0 Å². The third kappa shape index (κ3) is 3.47. The summed E-state index contributed by atoms with van der Waals surface area (Å²) in [5.74, 6) is -1.36. The average molecular weight is 409 g/mol. The number of nitrogens with one attached hydrogen (secondary N) is 1. The first kappa shape index (κ1) is 19.4. The third-order valence-corrected chi connectivity index (χ3v) is 5.92. The molecule has 1 fully saturated rings. The molecule has 1 saturated heterocycles. The maximum Gasteiger partial charge on any atom is 0.255 e. The lowest BCUT2D eigenvalue weighted by Gasteiger charge is -2.22. The van der Waals surface area contributed by atoms with E-state index in [0.717, 1.165) is 5.56 Å². The van der Waals surface area contributed by atoms with Crippen molar-refractivity contribution in [2.24, 2.45) is 17.8 Å². The molecule has 29 heavy (non-hydrogen) atoms. The molecular weight excluding hydrogens is 388 g/mol. The zero-order chi connectivity index (χ0) is 20.7. The number of benzene rings is 2. The minimum Gasteiger partial charge on any atom is -0.322 e. The SMILES string of the molecule is Cc1ccc(Cl)cc1NC(=O)c1cccc(N2C(=O)[C@H]3[C@H](C)C=CC[C@@H]3C2=O)c1. The molecule has 3 amide bonds. The van der Waals surface area contributed by atoms with Crippen LogP contribution in [0, 0.1) is 24.7 Å². The Bertz CT molecular complexity index is 1050. The molecule has 0 spiro atoms. The lowest BCUT2D eigenvalue weighted by atomic mass is 9.78. The molecule has 6 heteroatoms. The number of allylic oxidation sites excluding steroid dienone is 2. The topological polar surface area (TPSA) is 66.5 Å². The van der Waals surface area contributed by atoms with Crippen LogP contribution < -0.4 is 10.2 Å². The molecule has 1 heterocycles. The van der Waals surface area contributed by atoms with E-state index in [1.807, 2.05) is 32.1 Å². The van der Waals surface area contributed by atoms with Crippen molar-refractivity contribution in [3.63, 3.8) is 0 Å². The first-order chi connectivity index (χ1) is 13.9. The van der Waals surface area contributed by atoms with E-state index in [1.54, 1.807) is 36.4 Å². The van der Waals surface area contributed by atoms with Crippen molar-refractivity contribution in [1.29, 1.82) is 0 Å². The molecule has 148 valence electrons. The van der Waals surface area contributed by atoms with Gasteiger partial charge in [-0.2, -0.15) is 0 Å². The smallest absolute Gasteiger partial charge is 0.255 e. The van der Waals surface area contributed by atoms with Gasteiger partial charge in [0, 0.05) is 16.3 Å². The van der Waals surface area contributed by atoms with Gasteiger partial charge in [0.2, 0.25) is 11.8 Å². The highest BCUT2D eigenvalue weighted by molar-refractivity contribution is 6.31. The Balaban J connectivity index is 1.61. The molecule has 0 radical (unpaired) electrons. The number of nitrogens with zero attached hydrogens (tertiary/aromatic N) is 1. The summed E-state index contributed by atoms with van der Waals surface area (Å²) in [6, 6.07) is 11.9. The van der Waals surface area contributed by atoms with Crippen molar-refractivity contribution in [1.82, 2.24) is 0 Å². The molecule has 5 nitrogen and oxygen atoms in total. The van der Waals surface area contributed by atoms with E-state index >= 15 is 0 Å². The molecule has 1 aliphatic heterocycles. The number of halogens is 1. The summed E-state index contributed by atoms with van der Waals surface area (Å²) >= 11 is 6.02. The number of hydrogen-bond acceptors (Lipinski definition) is 3. The second-order valence-corrected chi connectivity index (χ2v) is 8.07. The highest BCUT2D eigenvalue weighted by Crippen LogP contribution is 2.40. The molecule has 0 unspecified atom stereocenters. The van der Waals surface area contributed by atoms with Crippen molar-refractivity contribution in [3.8, 4) is 0 Å². The first-order valence-corrected chi connectivity index (χ1v) is 9.96. The lowest BCUT2D eigenvalue weighted by Crippen LogP contribution is -2.31. The molecule has 2 aromatic rings. The highest BCUT2D eigenvalue weighted by atomic mass is 35.5. The van der Waals surface area contributed by atoms with Crippen LogP contribution >= 0.6 is 11.6 Å². The number of amides is 3. The molecule has 0 bridgehead atoms. The number of anilines is 2. The standard InChI is InChI=1S/C23H21ClN2O3/c1-13-9-10-16(24)12-19(13)25-21(27)15-6-4-7-17(11-15)26-22(28)18-8-3-5-14(2)20(18)23(26)29/h3-7,9-12,14,18,20H,8H2,1-2H3,(H,25,27)/t14-,18+,20+/m1/s1. The molecule has 0 saturated carbocycles. The van der Waals surface area contributed by atoms with Gasteiger partial charge in [0.05, 0.1) is 17.5 Å². The zero-order valence-corrected chi connectivity index (χ0v) is 16.9. The first-order valence-electron chi connectivity index (χ1n) is 9.59. The van der Waals surface area contributed by atoms with Crippen LogP contribution in [0.4, 0.5) is 11.4 Å². The number of carbonyl (C=O) groups excluding carboxylic acids is 3. The van der Waals surface area contributed by atoms with Crippen molar-refractivity contribution in [3.05, 3.63) is 70.8 Å². The Morgan fingerprint density at radius 2 is 1.93 bits per heavy atom. The van der Waals surface area contributed by atoms with Gasteiger partial charge >= 0.3 is 0 Å². The molecule has 1 N–H and O–H groups in total. The lowest BCUT2D eigenvalue weighted by molar-refractivity contribution is -0.122. The molecule has 2 aromatic carbocycles. The predicted molar refractivity (Wildman–Crippen MR) is 113 cm³/mol. The fourth-order valence-corrected chi connectivity index (χ4v) is 4.28. The van der Waals surface area contributed by atoms with Crippen molar-refractivity contribution in [2.75, 3.05) is 10.2 Å². The highest BCUT2D eigenvalue weighted by Gasteiger charge is 2.50. The number of imide groups is 1. The van der Waals surface area contributed by atoms with Crippen molar-refractivity contribution >= 4 is 40.7 Å². The summed E-state index contributed by atoms with van der Waals surface area (Å²) in [5.41, 5.74) is 2.29. The Morgan fingerprint density at radius 1 is 1.14 bits per heavy atom. The van der Waals surface area contributed by atoms with Crippen LogP contribution in [0.3, 0.4) is 0 Å². The summed E-state index contributed by atoms with van der Waals surface area (Å²) in [5, 5.41) is 3.37. The van der Waals surface area contributed by atoms with Gasteiger partial charge < -0.3 is 5.32 Å².